The lowest BCUT2D eigenvalue weighted by Gasteiger charge is -2.04. The number of carbonyl (C=O) groups excluding carboxylic acids is 2. The molecule has 0 saturated heterocycles. The van der Waals surface area contributed by atoms with Crippen molar-refractivity contribution in [1.82, 2.24) is 4.57 Å². The molecule has 29 heavy (non-hydrogen) atoms. The van der Waals surface area contributed by atoms with Gasteiger partial charge in [-0.25, -0.2) is 0 Å². The molecule has 0 fully saturated rings. The SMILES string of the molecule is CCc1ccc2c(c1)sc(=NC(=O)Cc1ccc3c(c1)OCO3)n2CC(=O)OC. The van der Waals surface area contributed by atoms with Crippen LogP contribution >= 0.6 is 11.3 Å². The molecule has 1 aliphatic heterocycles. The Bertz CT molecular complexity index is 1160. The van der Waals surface area contributed by atoms with E-state index in [9.17, 15) is 9.59 Å². The molecule has 7 nitrogen and oxygen atoms in total. The summed E-state index contributed by atoms with van der Waals surface area (Å²) in [6.45, 7) is 2.27. The molecule has 0 bridgehead atoms. The summed E-state index contributed by atoms with van der Waals surface area (Å²) in [5, 5.41) is 0. The zero-order chi connectivity index (χ0) is 20.4. The topological polar surface area (TPSA) is 79.1 Å². The van der Waals surface area contributed by atoms with Crippen LogP contribution in [0.25, 0.3) is 10.2 Å². The summed E-state index contributed by atoms with van der Waals surface area (Å²) >= 11 is 1.39. The molecule has 8 heteroatoms. The summed E-state index contributed by atoms with van der Waals surface area (Å²) in [7, 11) is 1.34. The number of amides is 1. The maximum atomic E-state index is 12.6. The Morgan fingerprint density at radius 3 is 2.72 bits per heavy atom. The van der Waals surface area contributed by atoms with E-state index < -0.39 is 5.97 Å². The first kappa shape index (κ1) is 19.2. The van der Waals surface area contributed by atoms with Crippen molar-refractivity contribution in [2.75, 3.05) is 13.9 Å². The number of nitrogens with zero attached hydrogens (tertiary/aromatic N) is 2. The molecule has 0 N–H and O–H groups in total. The van der Waals surface area contributed by atoms with Gasteiger partial charge in [0.25, 0.3) is 5.91 Å². The molecule has 0 saturated carbocycles. The largest absolute Gasteiger partial charge is 0.468 e. The number of aryl methyl sites for hydroxylation is 1. The lowest BCUT2D eigenvalue weighted by Crippen LogP contribution is -2.22. The zero-order valence-electron chi connectivity index (χ0n) is 16.1. The molecule has 0 aliphatic carbocycles. The van der Waals surface area contributed by atoms with Gasteiger partial charge >= 0.3 is 5.97 Å². The molecule has 0 radical (unpaired) electrons. The van der Waals surface area contributed by atoms with Gasteiger partial charge in [-0.05, 0) is 41.8 Å². The van der Waals surface area contributed by atoms with Crippen LogP contribution in [-0.4, -0.2) is 30.3 Å². The molecule has 2 aromatic carbocycles. The number of fused-ring (bicyclic) bond motifs is 2. The van der Waals surface area contributed by atoms with Gasteiger partial charge in [0.15, 0.2) is 16.3 Å². The Kier molecular flexibility index (Phi) is 5.35. The van der Waals surface area contributed by atoms with Crippen molar-refractivity contribution < 1.29 is 23.8 Å². The van der Waals surface area contributed by atoms with Crippen LogP contribution in [0.15, 0.2) is 41.4 Å². The van der Waals surface area contributed by atoms with Crippen molar-refractivity contribution in [3.05, 3.63) is 52.3 Å². The number of hydrogen-bond acceptors (Lipinski definition) is 6. The van der Waals surface area contributed by atoms with Crippen LogP contribution in [0.5, 0.6) is 11.5 Å². The molecule has 0 spiro atoms. The highest BCUT2D eigenvalue weighted by atomic mass is 32.1. The third-order valence-electron chi connectivity index (χ3n) is 4.68. The molecule has 3 aromatic rings. The van der Waals surface area contributed by atoms with Crippen molar-refractivity contribution in [3.63, 3.8) is 0 Å². The Balaban J connectivity index is 1.68. The number of benzene rings is 2. The van der Waals surface area contributed by atoms with Gasteiger partial charge < -0.3 is 18.8 Å². The predicted molar refractivity (Wildman–Crippen MR) is 108 cm³/mol. The highest BCUT2D eigenvalue weighted by Gasteiger charge is 2.15. The second-order valence-corrected chi connectivity index (χ2v) is 7.58. The summed E-state index contributed by atoms with van der Waals surface area (Å²) in [5.41, 5.74) is 2.83. The van der Waals surface area contributed by atoms with E-state index in [0.29, 0.717) is 16.3 Å². The quantitative estimate of drug-likeness (QED) is 0.602. The molecule has 1 amide bonds. The van der Waals surface area contributed by atoms with Crippen LogP contribution in [0.3, 0.4) is 0 Å². The van der Waals surface area contributed by atoms with Crippen molar-refractivity contribution in [1.29, 1.82) is 0 Å². The fraction of sp³-hybridized carbons (Fsp3) is 0.286. The number of ether oxygens (including phenoxy) is 3. The van der Waals surface area contributed by atoms with Crippen molar-refractivity contribution in [2.45, 2.75) is 26.3 Å². The molecule has 0 atom stereocenters. The van der Waals surface area contributed by atoms with E-state index in [1.807, 2.05) is 18.2 Å². The maximum Gasteiger partial charge on any atom is 0.325 e. The molecular weight excluding hydrogens is 392 g/mol. The van der Waals surface area contributed by atoms with Gasteiger partial charge in [0.2, 0.25) is 6.79 Å². The van der Waals surface area contributed by atoms with E-state index in [1.54, 1.807) is 16.7 Å². The van der Waals surface area contributed by atoms with E-state index >= 15 is 0 Å². The Morgan fingerprint density at radius 2 is 1.93 bits per heavy atom. The second-order valence-electron chi connectivity index (χ2n) is 6.57. The number of carbonyl (C=O) groups is 2. The van der Waals surface area contributed by atoms with E-state index in [2.05, 4.69) is 18.0 Å². The first-order chi connectivity index (χ1) is 14.1. The van der Waals surface area contributed by atoms with E-state index in [-0.39, 0.29) is 25.7 Å². The molecule has 0 unspecified atom stereocenters. The summed E-state index contributed by atoms with van der Waals surface area (Å²) in [6.07, 6.45) is 1.03. The normalized spacial score (nSPS) is 13.1. The van der Waals surface area contributed by atoms with Gasteiger partial charge in [0, 0.05) is 0 Å². The monoisotopic (exact) mass is 412 g/mol. The van der Waals surface area contributed by atoms with Gasteiger partial charge in [-0.15, -0.1) is 0 Å². The molecule has 2 heterocycles. The first-order valence-corrected chi connectivity index (χ1v) is 10.0. The Labute approximate surface area is 171 Å². The Morgan fingerprint density at radius 1 is 1.14 bits per heavy atom. The van der Waals surface area contributed by atoms with Gasteiger partial charge in [0.05, 0.1) is 23.7 Å². The minimum absolute atomic E-state index is 0.00188. The van der Waals surface area contributed by atoms with E-state index in [0.717, 1.165) is 22.2 Å². The minimum atomic E-state index is -0.395. The van der Waals surface area contributed by atoms with Gasteiger partial charge in [-0.3, -0.25) is 9.59 Å². The van der Waals surface area contributed by atoms with E-state index in [1.165, 1.54) is 24.0 Å². The predicted octanol–water partition coefficient (Wildman–Crippen LogP) is 2.84. The summed E-state index contributed by atoms with van der Waals surface area (Å²) in [5.74, 6) is 0.606. The fourth-order valence-corrected chi connectivity index (χ4v) is 4.25. The van der Waals surface area contributed by atoms with Crippen LogP contribution in [-0.2, 0) is 33.7 Å². The number of aromatic nitrogens is 1. The lowest BCUT2D eigenvalue weighted by atomic mass is 10.1. The number of esters is 1. The number of thiazole rings is 1. The number of rotatable bonds is 5. The zero-order valence-corrected chi connectivity index (χ0v) is 17.0. The van der Waals surface area contributed by atoms with Crippen LogP contribution in [0, 0.1) is 0 Å². The molecule has 1 aromatic heterocycles. The molecule has 150 valence electrons. The van der Waals surface area contributed by atoms with Crippen LogP contribution in [0.2, 0.25) is 0 Å². The van der Waals surface area contributed by atoms with Crippen molar-refractivity contribution in [3.8, 4) is 11.5 Å². The number of hydrogen-bond donors (Lipinski definition) is 0. The minimum Gasteiger partial charge on any atom is -0.468 e. The fourth-order valence-electron chi connectivity index (χ4n) is 3.14. The highest BCUT2D eigenvalue weighted by Crippen LogP contribution is 2.32. The standard InChI is InChI=1S/C21H20N2O5S/c1-3-13-4-6-15-18(9-13)29-21(23(15)11-20(25)26-2)22-19(24)10-14-5-7-16-17(8-14)28-12-27-16/h4-9H,3,10-12H2,1-2H3. The van der Waals surface area contributed by atoms with Crippen LogP contribution < -0.4 is 14.3 Å². The van der Waals surface area contributed by atoms with Crippen molar-refractivity contribution in [2.24, 2.45) is 4.99 Å². The maximum absolute atomic E-state index is 12.6. The average molecular weight is 412 g/mol. The van der Waals surface area contributed by atoms with Gasteiger partial charge in [0.1, 0.15) is 6.54 Å². The first-order valence-electron chi connectivity index (χ1n) is 9.22. The highest BCUT2D eigenvalue weighted by molar-refractivity contribution is 7.16. The molecule has 4 rings (SSSR count). The third-order valence-corrected chi connectivity index (χ3v) is 5.72. The van der Waals surface area contributed by atoms with Crippen molar-refractivity contribution >= 4 is 33.4 Å². The van der Waals surface area contributed by atoms with E-state index in [4.69, 9.17) is 14.2 Å². The number of methoxy groups -OCH3 is 1. The smallest absolute Gasteiger partial charge is 0.325 e. The third kappa shape index (κ3) is 4.02. The van der Waals surface area contributed by atoms with Crippen LogP contribution in [0.1, 0.15) is 18.1 Å². The van der Waals surface area contributed by atoms with Gasteiger partial charge in [-0.1, -0.05) is 30.4 Å². The average Bonchev–Trinajstić information content (AvgIpc) is 3.31. The summed E-state index contributed by atoms with van der Waals surface area (Å²) < 4.78 is 18.2. The summed E-state index contributed by atoms with van der Waals surface area (Å²) in [4.78, 5) is 29.3. The second kappa shape index (κ2) is 8.08. The Hall–Kier alpha value is -3.13. The van der Waals surface area contributed by atoms with Crippen LogP contribution in [0.4, 0.5) is 0 Å². The summed E-state index contributed by atoms with van der Waals surface area (Å²) in [6, 6.07) is 11.4. The molecule has 1 aliphatic rings. The molecular formula is C21H20N2O5S. The van der Waals surface area contributed by atoms with Gasteiger partial charge in [-0.2, -0.15) is 4.99 Å². The lowest BCUT2D eigenvalue weighted by molar-refractivity contribution is -0.141.